The largest absolute Gasteiger partial charge is 0.254 e. The molecule has 4 aromatic heterocycles. The molecule has 0 aliphatic heterocycles. The smallest absolute Gasteiger partial charge is 0.117 e. The van der Waals surface area contributed by atoms with Crippen LogP contribution in [0.2, 0.25) is 0 Å². The first-order chi connectivity index (χ1) is 17.5. The van der Waals surface area contributed by atoms with Crippen molar-refractivity contribution >= 4 is 0 Å². The maximum Gasteiger partial charge on any atom is 0.117 e. The van der Waals surface area contributed by atoms with Crippen LogP contribution in [-0.2, 0) is 0 Å². The Kier molecular flexibility index (Phi) is 7.54. The second kappa shape index (κ2) is 11.3. The summed E-state index contributed by atoms with van der Waals surface area (Å²) in [5.74, 6) is 22.5. The van der Waals surface area contributed by atoms with Crippen molar-refractivity contribution < 1.29 is 0 Å². The van der Waals surface area contributed by atoms with E-state index in [1.807, 2.05) is 88.6 Å². The SMILES string of the molecule is Cc1ccc(-c2ccc(C)c(C#CC#CC#CC#Cc3nc(-c4ccc(C)cn4)ccc3C)n2)nc1. The molecule has 4 rings (SSSR count). The maximum absolute atomic E-state index is 4.62. The molecule has 0 fully saturated rings. The van der Waals surface area contributed by atoms with Gasteiger partial charge in [-0.2, -0.15) is 0 Å². The van der Waals surface area contributed by atoms with Gasteiger partial charge in [0.15, 0.2) is 0 Å². The summed E-state index contributed by atoms with van der Waals surface area (Å²) in [6.45, 7) is 7.93. The first-order valence-electron chi connectivity index (χ1n) is 11.3. The van der Waals surface area contributed by atoms with Crippen molar-refractivity contribution in [2.75, 3.05) is 0 Å². The Hall–Kier alpha value is -5.16. The van der Waals surface area contributed by atoms with E-state index in [9.17, 15) is 0 Å². The predicted octanol–water partition coefficient (Wildman–Crippen LogP) is 5.24. The molecule has 4 heteroatoms. The zero-order valence-corrected chi connectivity index (χ0v) is 20.6. The number of aromatic nitrogens is 4. The first kappa shape index (κ1) is 24.0. The molecule has 0 unspecified atom stereocenters. The number of hydrogen-bond acceptors (Lipinski definition) is 4. The summed E-state index contributed by atoms with van der Waals surface area (Å²) in [6, 6.07) is 15.8. The lowest BCUT2D eigenvalue weighted by Crippen LogP contribution is -1.93. The molecule has 4 heterocycles. The van der Waals surface area contributed by atoms with Gasteiger partial charge in [-0.1, -0.05) is 24.3 Å². The molecule has 0 bridgehead atoms. The number of aryl methyl sites for hydroxylation is 4. The van der Waals surface area contributed by atoms with Gasteiger partial charge in [-0.05, 0) is 122 Å². The van der Waals surface area contributed by atoms with Crippen LogP contribution in [0.3, 0.4) is 0 Å². The van der Waals surface area contributed by atoms with Gasteiger partial charge in [-0.3, -0.25) is 9.97 Å². The minimum absolute atomic E-state index is 0.668. The Morgan fingerprint density at radius 1 is 0.444 bits per heavy atom. The molecule has 4 aromatic rings. The second-order valence-corrected chi connectivity index (χ2v) is 8.17. The van der Waals surface area contributed by atoms with E-state index in [2.05, 4.69) is 67.3 Å². The summed E-state index contributed by atoms with van der Waals surface area (Å²) in [7, 11) is 0. The van der Waals surface area contributed by atoms with E-state index in [0.29, 0.717) is 11.4 Å². The van der Waals surface area contributed by atoms with E-state index >= 15 is 0 Å². The van der Waals surface area contributed by atoms with E-state index < -0.39 is 0 Å². The fourth-order valence-corrected chi connectivity index (χ4v) is 3.14. The van der Waals surface area contributed by atoms with Crippen LogP contribution in [0.1, 0.15) is 33.6 Å². The zero-order valence-electron chi connectivity index (χ0n) is 20.6. The fraction of sp³-hybridized carbons (Fsp3) is 0.125. The predicted molar refractivity (Wildman–Crippen MR) is 143 cm³/mol. The zero-order chi connectivity index (χ0) is 25.3. The van der Waals surface area contributed by atoms with Crippen molar-refractivity contribution in [2.24, 2.45) is 0 Å². The molecule has 0 spiro atoms. The second-order valence-electron chi connectivity index (χ2n) is 8.17. The minimum atomic E-state index is 0.668. The molecular formula is C32H22N4. The van der Waals surface area contributed by atoms with Crippen LogP contribution in [0.25, 0.3) is 22.8 Å². The number of rotatable bonds is 2. The summed E-state index contributed by atoms with van der Waals surface area (Å²) in [5, 5.41) is 0. The molecule has 0 aliphatic rings. The number of nitrogens with zero attached hydrogens (tertiary/aromatic N) is 4. The Morgan fingerprint density at radius 2 is 0.833 bits per heavy atom. The molecule has 0 amide bonds. The van der Waals surface area contributed by atoms with Crippen LogP contribution in [0, 0.1) is 75.1 Å². The molecule has 0 saturated carbocycles. The maximum atomic E-state index is 4.62. The van der Waals surface area contributed by atoms with Gasteiger partial charge in [-0.15, -0.1) is 0 Å². The normalized spacial score (nSPS) is 9.33. The number of hydrogen-bond donors (Lipinski definition) is 0. The van der Waals surface area contributed by atoms with Crippen LogP contribution < -0.4 is 0 Å². The Balaban J connectivity index is 1.46. The number of pyridine rings is 4. The summed E-state index contributed by atoms with van der Waals surface area (Å²) in [4.78, 5) is 18.1. The third-order valence-electron chi connectivity index (χ3n) is 5.22. The van der Waals surface area contributed by atoms with Gasteiger partial charge in [0, 0.05) is 12.4 Å². The molecule has 0 saturated heterocycles. The quantitative estimate of drug-likeness (QED) is 0.382. The molecule has 0 atom stereocenters. The average Bonchev–Trinajstić information content (AvgIpc) is 2.88. The molecule has 0 aliphatic carbocycles. The van der Waals surface area contributed by atoms with Gasteiger partial charge in [0.1, 0.15) is 11.4 Å². The van der Waals surface area contributed by atoms with Gasteiger partial charge in [-0.25, -0.2) is 9.97 Å². The Labute approximate surface area is 212 Å². The minimum Gasteiger partial charge on any atom is -0.254 e. The lowest BCUT2D eigenvalue weighted by Gasteiger charge is -2.03. The third kappa shape index (κ3) is 6.24. The topological polar surface area (TPSA) is 51.6 Å². The molecule has 0 aromatic carbocycles. The van der Waals surface area contributed by atoms with Gasteiger partial charge >= 0.3 is 0 Å². The van der Waals surface area contributed by atoms with Crippen LogP contribution >= 0.6 is 0 Å². The monoisotopic (exact) mass is 462 g/mol. The summed E-state index contributed by atoms with van der Waals surface area (Å²) in [6.07, 6.45) is 3.65. The summed E-state index contributed by atoms with van der Waals surface area (Å²) >= 11 is 0. The first-order valence-corrected chi connectivity index (χ1v) is 11.3. The molecular weight excluding hydrogens is 440 g/mol. The Bertz CT molecular complexity index is 1540. The highest BCUT2D eigenvalue weighted by atomic mass is 14.8. The van der Waals surface area contributed by atoms with E-state index in [0.717, 1.165) is 45.0 Å². The molecule has 36 heavy (non-hydrogen) atoms. The Morgan fingerprint density at radius 3 is 1.22 bits per heavy atom. The van der Waals surface area contributed by atoms with Crippen LogP contribution in [0.4, 0.5) is 0 Å². The van der Waals surface area contributed by atoms with Crippen molar-refractivity contribution in [2.45, 2.75) is 27.7 Å². The third-order valence-corrected chi connectivity index (χ3v) is 5.22. The van der Waals surface area contributed by atoms with E-state index in [-0.39, 0.29) is 0 Å². The highest BCUT2D eigenvalue weighted by molar-refractivity contribution is 5.58. The lowest BCUT2D eigenvalue weighted by molar-refractivity contribution is 1.19. The van der Waals surface area contributed by atoms with Crippen molar-refractivity contribution in [3.8, 4) is 70.1 Å². The highest BCUT2D eigenvalue weighted by Crippen LogP contribution is 2.18. The standard InChI is InChI=1S/C32H22N4/c1-23-13-17-29(33-21-23)31-19-15-25(3)27(35-31)11-9-7-5-6-8-10-12-28-26(4)16-20-32(36-28)30-18-14-24(2)22-34-30/h13-22H,1-4H3. The van der Waals surface area contributed by atoms with E-state index in [1.54, 1.807) is 0 Å². The van der Waals surface area contributed by atoms with Crippen molar-refractivity contribution in [1.29, 1.82) is 0 Å². The van der Waals surface area contributed by atoms with Gasteiger partial charge in [0.05, 0.1) is 22.8 Å². The lowest BCUT2D eigenvalue weighted by atomic mass is 10.1. The van der Waals surface area contributed by atoms with Crippen molar-refractivity contribution in [3.05, 3.63) is 94.6 Å². The molecule has 4 nitrogen and oxygen atoms in total. The molecule has 170 valence electrons. The van der Waals surface area contributed by atoms with Gasteiger partial charge in [0.25, 0.3) is 0 Å². The summed E-state index contributed by atoms with van der Waals surface area (Å²) in [5.41, 5.74) is 8.67. The average molecular weight is 463 g/mol. The summed E-state index contributed by atoms with van der Waals surface area (Å²) < 4.78 is 0. The molecule has 0 N–H and O–H groups in total. The molecule has 0 radical (unpaired) electrons. The van der Waals surface area contributed by atoms with Crippen LogP contribution in [0.15, 0.2) is 60.9 Å². The van der Waals surface area contributed by atoms with Crippen LogP contribution in [-0.4, -0.2) is 19.9 Å². The van der Waals surface area contributed by atoms with Gasteiger partial charge < -0.3 is 0 Å². The van der Waals surface area contributed by atoms with Crippen molar-refractivity contribution in [3.63, 3.8) is 0 Å². The van der Waals surface area contributed by atoms with Crippen LogP contribution in [0.5, 0.6) is 0 Å². The van der Waals surface area contributed by atoms with E-state index in [1.165, 1.54) is 0 Å². The van der Waals surface area contributed by atoms with E-state index in [4.69, 9.17) is 0 Å². The fourth-order valence-electron chi connectivity index (χ4n) is 3.14. The van der Waals surface area contributed by atoms with Crippen molar-refractivity contribution in [1.82, 2.24) is 19.9 Å². The van der Waals surface area contributed by atoms with Gasteiger partial charge in [0.2, 0.25) is 0 Å². The highest BCUT2D eigenvalue weighted by Gasteiger charge is 2.05.